The van der Waals surface area contributed by atoms with Gasteiger partial charge in [0.05, 0.1) is 6.04 Å². The molecular formula is C18H21N3O2. The minimum absolute atomic E-state index is 0.0267. The highest BCUT2D eigenvalue weighted by Crippen LogP contribution is 2.37. The van der Waals surface area contributed by atoms with Gasteiger partial charge in [0.2, 0.25) is 5.91 Å². The van der Waals surface area contributed by atoms with Crippen molar-refractivity contribution in [3.63, 3.8) is 0 Å². The number of ether oxygens (including phenoxy) is 1. The van der Waals surface area contributed by atoms with E-state index in [9.17, 15) is 4.79 Å². The molecule has 0 bridgehead atoms. The molecule has 0 radical (unpaired) electrons. The highest BCUT2D eigenvalue weighted by Gasteiger charge is 2.39. The Labute approximate surface area is 136 Å². The van der Waals surface area contributed by atoms with E-state index >= 15 is 0 Å². The van der Waals surface area contributed by atoms with E-state index in [1.54, 1.807) is 0 Å². The van der Waals surface area contributed by atoms with Gasteiger partial charge in [0, 0.05) is 32.3 Å². The molecule has 1 amide bonds. The third kappa shape index (κ3) is 3.96. The minimum atomic E-state index is -0.394. The summed E-state index contributed by atoms with van der Waals surface area (Å²) in [5.74, 6) is 2.62. The van der Waals surface area contributed by atoms with Gasteiger partial charge in [-0.2, -0.15) is 10.2 Å². The maximum atomic E-state index is 12.2. The molecule has 2 aliphatic heterocycles. The SMILES string of the molecule is C#CCCC1(CCC(=O)N[C@@H]2CCO[C@H]2c2ccccc2)N=N1. The number of benzene rings is 1. The first-order chi connectivity index (χ1) is 11.2. The number of amides is 1. The zero-order chi connectivity index (χ0) is 16.1. The van der Waals surface area contributed by atoms with Crippen LogP contribution in [0.15, 0.2) is 40.6 Å². The molecule has 23 heavy (non-hydrogen) atoms. The monoisotopic (exact) mass is 311 g/mol. The van der Waals surface area contributed by atoms with E-state index in [2.05, 4.69) is 21.5 Å². The van der Waals surface area contributed by atoms with Crippen LogP contribution in [0.3, 0.4) is 0 Å². The second-order valence-corrected chi connectivity index (χ2v) is 6.05. The van der Waals surface area contributed by atoms with Crippen LogP contribution in [0.2, 0.25) is 0 Å². The average molecular weight is 311 g/mol. The number of nitrogens with zero attached hydrogens (tertiary/aromatic N) is 2. The Morgan fingerprint density at radius 2 is 2.13 bits per heavy atom. The molecule has 0 saturated carbocycles. The first-order valence-corrected chi connectivity index (χ1v) is 8.06. The zero-order valence-electron chi connectivity index (χ0n) is 13.1. The highest BCUT2D eigenvalue weighted by molar-refractivity contribution is 5.76. The molecule has 1 N–H and O–H groups in total. The summed E-state index contributed by atoms with van der Waals surface area (Å²) in [6.45, 7) is 0.668. The van der Waals surface area contributed by atoms with E-state index in [0.717, 1.165) is 18.4 Å². The molecule has 0 aliphatic carbocycles. The topological polar surface area (TPSA) is 63.0 Å². The van der Waals surface area contributed by atoms with E-state index in [-0.39, 0.29) is 18.1 Å². The average Bonchev–Trinajstić information content (AvgIpc) is 3.21. The fourth-order valence-electron chi connectivity index (χ4n) is 2.97. The standard InChI is InChI=1S/C18H21N3O2/c1-2-3-11-18(20-21-18)12-9-16(22)19-15-10-13-23-17(15)14-7-5-4-6-8-14/h1,4-8,15,17H,3,9-13H2,(H,19,22)/t15-,17+/m1/s1. The van der Waals surface area contributed by atoms with Crippen LogP contribution in [0, 0.1) is 12.3 Å². The molecule has 1 saturated heterocycles. The van der Waals surface area contributed by atoms with Gasteiger partial charge in [-0.05, 0) is 12.0 Å². The molecule has 5 heteroatoms. The lowest BCUT2D eigenvalue weighted by Gasteiger charge is -2.20. The van der Waals surface area contributed by atoms with Crippen LogP contribution in [0.25, 0.3) is 0 Å². The van der Waals surface area contributed by atoms with Crippen LogP contribution in [-0.2, 0) is 9.53 Å². The predicted molar refractivity (Wildman–Crippen MR) is 86.6 cm³/mol. The lowest BCUT2D eigenvalue weighted by Crippen LogP contribution is -2.37. The molecule has 1 aromatic carbocycles. The zero-order valence-corrected chi connectivity index (χ0v) is 13.1. The first kappa shape index (κ1) is 15.7. The van der Waals surface area contributed by atoms with Crippen molar-refractivity contribution in [2.45, 2.75) is 49.9 Å². The third-order valence-electron chi connectivity index (χ3n) is 4.37. The molecule has 0 unspecified atom stereocenters. The Hall–Kier alpha value is -2.19. The van der Waals surface area contributed by atoms with Crippen molar-refractivity contribution in [3.8, 4) is 12.3 Å². The normalized spacial score (nSPS) is 24.1. The molecule has 2 atom stereocenters. The number of terminal acetylenes is 1. The largest absolute Gasteiger partial charge is 0.371 e. The summed E-state index contributed by atoms with van der Waals surface area (Å²) < 4.78 is 5.79. The first-order valence-electron chi connectivity index (χ1n) is 8.06. The Morgan fingerprint density at radius 3 is 2.83 bits per heavy atom. The molecule has 0 aromatic heterocycles. The van der Waals surface area contributed by atoms with Crippen molar-refractivity contribution in [1.82, 2.24) is 5.32 Å². The highest BCUT2D eigenvalue weighted by atomic mass is 16.5. The number of carbonyl (C=O) groups excluding carboxylic acids is 1. The summed E-state index contributed by atoms with van der Waals surface area (Å²) in [7, 11) is 0. The molecule has 2 aliphatic rings. The van der Waals surface area contributed by atoms with Gasteiger partial charge in [-0.25, -0.2) is 0 Å². The van der Waals surface area contributed by atoms with Crippen LogP contribution in [-0.4, -0.2) is 24.2 Å². The van der Waals surface area contributed by atoms with E-state index in [1.165, 1.54) is 0 Å². The Kier molecular flexibility index (Phi) is 4.73. The van der Waals surface area contributed by atoms with E-state index in [1.807, 2.05) is 30.3 Å². The molecule has 3 rings (SSSR count). The fourth-order valence-corrected chi connectivity index (χ4v) is 2.97. The number of carbonyl (C=O) groups is 1. The number of rotatable bonds is 7. The number of nitrogens with one attached hydrogen (secondary N) is 1. The van der Waals surface area contributed by atoms with Gasteiger partial charge in [-0.1, -0.05) is 30.3 Å². The van der Waals surface area contributed by atoms with Crippen molar-refractivity contribution in [1.29, 1.82) is 0 Å². The molecule has 1 fully saturated rings. The summed E-state index contributed by atoms with van der Waals surface area (Å²) in [5, 5.41) is 11.2. The van der Waals surface area contributed by atoms with Crippen molar-refractivity contribution in [2.24, 2.45) is 10.2 Å². The van der Waals surface area contributed by atoms with Crippen LogP contribution in [0.1, 0.15) is 43.8 Å². The van der Waals surface area contributed by atoms with Gasteiger partial charge >= 0.3 is 0 Å². The minimum Gasteiger partial charge on any atom is -0.371 e. The summed E-state index contributed by atoms with van der Waals surface area (Å²) in [4.78, 5) is 12.2. The Morgan fingerprint density at radius 1 is 1.35 bits per heavy atom. The Balaban J connectivity index is 1.49. The maximum absolute atomic E-state index is 12.2. The van der Waals surface area contributed by atoms with Gasteiger partial charge in [0.25, 0.3) is 0 Å². The number of hydrogen-bond donors (Lipinski definition) is 1. The molecule has 5 nitrogen and oxygen atoms in total. The van der Waals surface area contributed by atoms with Crippen molar-refractivity contribution in [2.75, 3.05) is 6.61 Å². The van der Waals surface area contributed by atoms with Crippen LogP contribution in [0.4, 0.5) is 0 Å². The molecule has 0 spiro atoms. The number of hydrogen-bond acceptors (Lipinski definition) is 4. The van der Waals surface area contributed by atoms with Crippen LogP contribution >= 0.6 is 0 Å². The van der Waals surface area contributed by atoms with Crippen molar-refractivity contribution >= 4 is 5.91 Å². The predicted octanol–water partition coefficient (Wildman–Crippen LogP) is 2.99. The molecule has 2 heterocycles. The van der Waals surface area contributed by atoms with Gasteiger partial charge in [-0.15, -0.1) is 12.3 Å². The summed E-state index contributed by atoms with van der Waals surface area (Å²) in [6, 6.07) is 10.0. The summed E-state index contributed by atoms with van der Waals surface area (Å²) in [6.07, 6.45) is 8.46. The van der Waals surface area contributed by atoms with Gasteiger partial charge in [0.15, 0.2) is 5.66 Å². The Bertz CT molecular complexity index is 615. The van der Waals surface area contributed by atoms with Crippen LogP contribution < -0.4 is 5.32 Å². The molecular weight excluding hydrogens is 290 g/mol. The summed E-state index contributed by atoms with van der Waals surface area (Å²) >= 11 is 0. The lowest BCUT2D eigenvalue weighted by molar-refractivity contribution is -0.122. The second kappa shape index (κ2) is 6.93. The maximum Gasteiger partial charge on any atom is 0.220 e. The van der Waals surface area contributed by atoms with Crippen LogP contribution in [0.5, 0.6) is 0 Å². The lowest BCUT2D eigenvalue weighted by atomic mass is 10.00. The van der Waals surface area contributed by atoms with Gasteiger partial charge < -0.3 is 10.1 Å². The summed E-state index contributed by atoms with van der Waals surface area (Å²) in [5.41, 5.74) is 0.710. The van der Waals surface area contributed by atoms with Gasteiger partial charge in [-0.3, -0.25) is 4.79 Å². The van der Waals surface area contributed by atoms with Gasteiger partial charge in [0.1, 0.15) is 6.10 Å². The smallest absolute Gasteiger partial charge is 0.220 e. The van der Waals surface area contributed by atoms with E-state index < -0.39 is 5.66 Å². The molecule has 1 aromatic rings. The third-order valence-corrected chi connectivity index (χ3v) is 4.37. The molecule has 120 valence electrons. The van der Waals surface area contributed by atoms with Crippen molar-refractivity contribution in [3.05, 3.63) is 35.9 Å². The second-order valence-electron chi connectivity index (χ2n) is 6.05. The van der Waals surface area contributed by atoms with E-state index in [4.69, 9.17) is 11.2 Å². The van der Waals surface area contributed by atoms with E-state index in [0.29, 0.717) is 25.9 Å². The fraction of sp³-hybridized carbons (Fsp3) is 0.500. The van der Waals surface area contributed by atoms with Crippen molar-refractivity contribution < 1.29 is 9.53 Å². The quantitative estimate of drug-likeness (QED) is 0.787.